The lowest BCUT2D eigenvalue weighted by Crippen LogP contribution is -2.44. The molecule has 0 spiro atoms. The summed E-state index contributed by atoms with van der Waals surface area (Å²) in [5.74, 6) is -0.823. The number of amides is 4. The zero-order valence-corrected chi connectivity index (χ0v) is 21.2. The third-order valence-corrected chi connectivity index (χ3v) is 7.15. The number of carbonyl (C=O) groups excluding carboxylic acids is 4. The number of nitrogens with two attached hydrogens (primary N) is 1. The molecule has 4 rings (SSSR count). The van der Waals surface area contributed by atoms with Crippen LogP contribution in [0.2, 0.25) is 0 Å². The van der Waals surface area contributed by atoms with E-state index in [0.29, 0.717) is 23.7 Å². The summed E-state index contributed by atoms with van der Waals surface area (Å²) < 4.78 is 4.80. The molecule has 3 N–H and O–H groups in total. The number of pyridine rings is 1. The van der Waals surface area contributed by atoms with Crippen molar-refractivity contribution in [2.24, 2.45) is 5.73 Å². The van der Waals surface area contributed by atoms with Crippen LogP contribution in [0.15, 0.2) is 36.5 Å². The Balaban J connectivity index is 1.46. The topological polar surface area (TPSA) is 135 Å². The first-order chi connectivity index (χ1) is 17.7. The minimum Gasteiger partial charge on any atom is -0.391 e. The van der Waals surface area contributed by atoms with E-state index >= 15 is 0 Å². The highest BCUT2D eigenvalue weighted by Crippen LogP contribution is 2.35. The minimum absolute atomic E-state index is 0.0415. The van der Waals surface area contributed by atoms with Crippen molar-refractivity contribution >= 4 is 29.5 Å². The van der Waals surface area contributed by atoms with Crippen molar-refractivity contribution in [3.63, 3.8) is 0 Å². The second-order valence-electron chi connectivity index (χ2n) is 9.68. The Hall–Kier alpha value is -3.95. The third kappa shape index (κ3) is 6.25. The lowest BCUT2D eigenvalue weighted by molar-refractivity contribution is -0.145. The first kappa shape index (κ1) is 26.1. The van der Waals surface area contributed by atoms with Crippen LogP contribution >= 0.6 is 0 Å². The number of primary amides is 1. The van der Waals surface area contributed by atoms with Crippen molar-refractivity contribution in [1.29, 1.82) is 0 Å². The van der Waals surface area contributed by atoms with Gasteiger partial charge < -0.3 is 25.6 Å². The van der Waals surface area contributed by atoms with Crippen molar-refractivity contribution in [3.8, 4) is 5.88 Å². The van der Waals surface area contributed by atoms with E-state index in [0.717, 1.165) is 50.8 Å². The Bertz CT molecular complexity index is 1190. The third-order valence-electron chi connectivity index (χ3n) is 7.15. The first-order valence-corrected chi connectivity index (χ1v) is 12.6. The molecule has 0 bridgehead atoms. The van der Waals surface area contributed by atoms with Crippen molar-refractivity contribution in [2.75, 3.05) is 25.0 Å². The summed E-state index contributed by atoms with van der Waals surface area (Å²) >= 11 is 0. The summed E-state index contributed by atoms with van der Waals surface area (Å²) in [4.78, 5) is 56.3. The maximum Gasteiger partial charge on any atom is 0.411 e. The highest BCUT2D eigenvalue weighted by atomic mass is 16.6. The number of rotatable bonds is 4. The summed E-state index contributed by atoms with van der Waals surface area (Å²) in [6, 6.07) is 9.69. The smallest absolute Gasteiger partial charge is 0.391 e. The largest absolute Gasteiger partial charge is 0.411 e. The molecule has 1 aromatic carbocycles. The van der Waals surface area contributed by atoms with Crippen LogP contribution in [0.1, 0.15) is 67.7 Å². The molecule has 10 nitrogen and oxygen atoms in total. The van der Waals surface area contributed by atoms with Crippen LogP contribution < -0.4 is 15.8 Å². The molecule has 1 atom stereocenters. The molecule has 2 saturated heterocycles. The lowest BCUT2D eigenvalue weighted by Gasteiger charge is -2.36. The number of hydrogen-bond acceptors (Lipinski definition) is 6. The normalized spacial score (nSPS) is 18.3. The van der Waals surface area contributed by atoms with Crippen LogP contribution in [-0.2, 0) is 14.4 Å². The molecule has 196 valence electrons. The van der Waals surface area contributed by atoms with Gasteiger partial charge in [0.1, 0.15) is 0 Å². The van der Waals surface area contributed by atoms with Gasteiger partial charge in [-0.2, -0.15) is 0 Å². The first-order valence-electron chi connectivity index (χ1n) is 12.6. The molecule has 1 aromatic heterocycles. The van der Waals surface area contributed by atoms with Gasteiger partial charge in [-0.3, -0.25) is 14.4 Å². The second-order valence-corrected chi connectivity index (χ2v) is 9.68. The maximum absolute atomic E-state index is 13.2. The van der Waals surface area contributed by atoms with Gasteiger partial charge in [0.05, 0.1) is 17.9 Å². The summed E-state index contributed by atoms with van der Waals surface area (Å²) in [7, 11) is 0. The van der Waals surface area contributed by atoms with Crippen molar-refractivity contribution in [3.05, 3.63) is 53.2 Å². The summed E-state index contributed by atoms with van der Waals surface area (Å²) in [5.41, 5.74) is 8.08. The predicted octanol–water partition coefficient (Wildman–Crippen LogP) is 3.27. The molecule has 0 radical (unpaired) electrons. The fraction of sp³-hybridized carbons (Fsp3) is 0.444. The van der Waals surface area contributed by atoms with Crippen LogP contribution in [0.4, 0.5) is 10.5 Å². The van der Waals surface area contributed by atoms with E-state index < -0.39 is 17.9 Å². The molecular formula is C27H33N5O5. The molecule has 37 heavy (non-hydrogen) atoms. The van der Waals surface area contributed by atoms with Gasteiger partial charge in [0.15, 0.2) is 0 Å². The molecule has 2 aliphatic heterocycles. The molecule has 2 aromatic rings. The Morgan fingerprint density at radius 2 is 1.76 bits per heavy atom. The monoisotopic (exact) mass is 507 g/mol. The summed E-state index contributed by atoms with van der Waals surface area (Å²) in [6.45, 7) is 5.27. The van der Waals surface area contributed by atoms with Crippen molar-refractivity contribution in [1.82, 2.24) is 14.8 Å². The highest BCUT2D eigenvalue weighted by molar-refractivity contribution is 6.39. The van der Waals surface area contributed by atoms with Crippen molar-refractivity contribution < 1.29 is 23.9 Å². The molecule has 10 heteroatoms. The standard InChI is InChI=1S/C27H33N5O5/c1-17-14-22(16-29-25(17)37-27(28)36)30-24(34)26(35)32-11-4-3-8-23(32)21-7-5-6-20(15-21)19-9-12-31(13-10-19)18(2)33/h5-7,14-16,19,23H,3-4,8-13H2,1-2H3,(H2,28,36)(H,30,34). The quantitative estimate of drug-likeness (QED) is 0.610. The SMILES string of the molecule is CC(=O)N1CCC(c2cccc(C3CCCCN3C(=O)C(=O)Nc3cnc(OC(N)=O)c(C)c3)c2)CC1. The van der Waals surface area contributed by atoms with Gasteiger partial charge in [-0.1, -0.05) is 24.3 Å². The van der Waals surface area contributed by atoms with Crippen LogP contribution in [0, 0.1) is 6.92 Å². The Morgan fingerprint density at radius 3 is 2.43 bits per heavy atom. The maximum atomic E-state index is 13.2. The van der Waals surface area contributed by atoms with E-state index in [4.69, 9.17) is 10.5 Å². The molecule has 0 aliphatic carbocycles. The number of benzene rings is 1. The minimum atomic E-state index is -0.982. The summed E-state index contributed by atoms with van der Waals surface area (Å²) in [6.07, 6.45) is 4.74. The molecule has 2 fully saturated rings. The van der Waals surface area contributed by atoms with Gasteiger partial charge in [0.2, 0.25) is 11.8 Å². The summed E-state index contributed by atoms with van der Waals surface area (Å²) in [5, 5.41) is 2.61. The van der Waals surface area contributed by atoms with Gasteiger partial charge >= 0.3 is 17.9 Å². The Kier molecular flexibility index (Phi) is 8.05. The zero-order chi connectivity index (χ0) is 26.5. The van der Waals surface area contributed by atoms with E-state index in [1.54, 1.807) is 24.8 Å². The van der Waals surface area contributed by atoms with Gasteiger partial charge in [-0.05, 0) is 62.1 Å². The number of nitrogens with zero attached hydrogens (tertiary/aromatic N) is 3. The van der Waals surface area contributed by atoms with Crippen molar-refractivity contribution in [2.45, 2.75) is 57.9 Å². The average molecular weight is 508 g/mol. The molecule has 2 aliphatic rings. The fourth-order valence-corrected chi connectivity index (χ4v) is 5.22. The number of likely N-dealkylation sites (tertiary alicyclic amines) is 2. The van der Waals surface area contributed by atoms with Gasteiger partial charge in [-0.25, -0.2) is 9.78 Å². The number of ether oxygens (including phenoxy) is 1. The predicted molar refractivity (Wildman–Crippen MR) is 137 cm³/mol. The molecule has 1 unspecified atom stereocenters. The van der Waals surface area contributed by atoms with E-state index in [-0.39, 0.29) is 17.8 Å². The number of aromatic nitrogens is 1. The van der Waals surface area contributed by atoms with Gasteiger partial charge in [-0.15, -0.1) is 0 Å². The van der Waals surface area contributed by atoms with E-state index in [1.807, 2.05) is 17.0 Å². The van der Waals surface area contributed by atoms with Gasteiger partial charge in [0, 0.05) is 32.1 Å². The number of carbonyl (C=O) groups is 4. The number of piperidine rings is 2. The molecule has 0 saturated carbocycles. The average Bonchev–Trinajstić information content (AvgIpc) is 2.89. The number of nitrogens with one attached hydrogen (secondary N) is 1. The van der Waals surface area contributed by atoms with Crippen LogP contribution in [-0.4, -0.2) is 58.2 Å². The van der Waals surface area contributed by atoms with Crippen LogP contribution in [0.25, 0.3) is 0 Å². The second kappa shape index (κ2) is 11.4. The highest BCUT2D eigenvalue weighted by Gasteiger charge is 2.32. The lowest BCUT2D eigenvalue weighted by atomic mass is 9.86. The van der Waals surface area contributed by atoms with E-state index in [9.17, 15) is 19.2 Å². The molecular weight excluding hydrogens is 474 g/mol. The Morgan fingerprint density at radius 1 is 1.03 bits per heavy atom. The number of hydrogen-bond donors (Lipinski definition) is 2. The van der Waals surface area contributed by atoms with E-state index in [2.05, 4.69) is 22.4 Å². The van der Waals surface area contributed by atoms with Crippen LogP contribution in [0.3, 0.4) is 0 Å². The number of anilines is 1. The van der Waals surface area contributed by atoms with Crippen LogP contribution in [0.5, 0.6) is 5.88 Å². The Labute approximate surface area is 216 Å². The van der Waals surface area contributed by atoms with Gasteiger partial charge in [0.25, 0.3) is 0 Å². The van der Waals surface area contributed by atoms with E-state index in [1.165, 1.54) is 11.8 Å². The zero-order valence-electron chi connectivity index (χ0n) is 21.2. The fourth-order valence-electron chi connectivity index (χ4n) is 5.22. The number of aryl methyl sites for hydroxylation is 1. The molecule has 3 heterocycles. The molecule has 4 amide bonds.